The van der Waals surface area contributed by atoms with Gasteiger partial charge in [-0.2, -0.15) is 0 Å². The van der Waals surface area contributed by atoms with Crippen LogP contribution in [0.4, 0.5) is 5.69 Å². The van der Waals surface area contributed by atoms with Crippen LogP contribution in [0.3, 0.4) is 0 Å². The Hall–Kier alpha value is -2.85. The van der Waals surface area contributed by atoms with Crippen molar-refractivity contribution in [3.05, 3.63) is 82.8 Å². The summed E-state index contributed by atoms with van der Waals surface area (Å²) >= 11 is 8.07. The molecule has 1 N–H and O–H groups in total. The number of benzene rings is 2. The topological polar surface area (TPSA) is 73.0 Å². The van der Waals surface area contributed by atoms with Crippen LogP contribution in [-0.2, 0) is 20.2 Å². The molecule has 10 heteroatoms. The average molecular weight is 573 g/mol. The summed E-state index contributed by atoms with van der Waals surface area (Å²) in [5, 5.41) is 2.33. The van der Waals surface area contributed by atoms with Crippen LogP contribution in [0.15, 0.2) is 77.8 Å². The molecule has 1 aliphatic rings. The largest absolute Gasteiger partial charge is 0.342 e. The van der Waals surface area contributed by atoms with E-state index < -0.39 is 15.4 Å². The molecule has 0 spiro atoms. The summed E-state index contributed by atoms with van der Waals surface area (Å²) in [6.07, 6.45) is 4.84. The number of para-hydroxylation sites is 1. The molecular formula is C28H33ClN4O3S2. The zero-order valence-electron chi connectivity index (χ0n) is 22.0. The average Bonchev–Trinajstić information content (AvgIpc) is 3.57. The lowest BCUT2D eigenvalue weighted by Gasteiger charge is -2.40. The van der Waals surface area contributed by atoms with Crippen LogP contribution in [0.1, 0.15) is 18.7 Å². The molecule has 1 aromatic heterocycles. The van der Waals surface area contributed by atoms with Crippen molar-refractivity contribution in [1.29, 1.82) is 0 Å². The number of amides is 1. The number of carbonyl (C=O) groups is 1. The van der Waals surface area contributed by atoms with Gasteiger partial charge in [-0.15, -0.1) is 11.3 Å². The number of nitrogens with zero attached hydrogens (tertiary/aromatic N) is 3. The molecule has 202 valence electrons. The quantitative estimate of drug-likeness (QED) is 0.368. The van der Waals surface area contributed by atoms with Gasteiger partial charge in [-0.3, -0.25) is 9.80 Å². The van der Waals surface area contributed by atoms with Gasteiger partial charge in [-0.1, -0.05) is 49.7 Å². The van der Waals surface area contributed by atoms with E-state index in [-0.39, 0.29) is 10.8 Å². The van der Waals surface area contributed by atoms with Crippen LogP contribution in [-0.4, -0.2) is 63.6 Å². The molecule has 1 amide bonds. The first kappa shape index (κ1) is 28.2. The number of thiophene rings is 1. The molecule has 1 atom stereocenters. The fraction of sp³-hybridized carbons (Fsp3) is 0.321. The third kappa shape index (κ3) is 5.47. The maximum absolute atomic E-state index is 14.3. The van der Waals surface area contributed by atoms with Crippen molar-refractivity contribution in [1.82, 2.24) is 15.2 Å². The van der Waals surface area contributed by atoms with Gasteiger partial charge >= 0.3 is 0 Å². The molecule has 7 nitrogen and oxygen atoms in total. The van der Waals surface area contributed by atoms with Gasteiger partial charge in [0.25, 0.3) is 5.91 Å². The minimum Gasteiger partial charge on any atom is -0.342 e. The maximum Gasteiger partial charge on any atom is 0.259 e. The van der Waals surface area contributed by atoms with Gasteiger partial charge in [0.2, 0.25) is 0 Å². The second kappa shape index (κ2) is 11.5. The third-order valence-corrected chi connectivity index (χ3v) is 9.51. The molecule has 0 fully saturated rings. The number of anilines is 1. The molecule has 2 heterocycles. The molecular weight excluding hydrogens is 540 g/mol. The zero-order chi connectivity index (χ0) is 27.5. The Morgan fingerprint density at radius 3 is 2.47 bits per heavy atom. The summed E-state index contributed by atoms with van der Waals surface area (Å²) in [5.41, 5.74) is 3.52. The summed E-state index contributed by atoms with van der Waals surface area (Å²) in [6, 6.07) is 18.2. The molecule has 0 bridgehead atoms. The number of halogens is 1. The highest BCUT2D eigenvalue weighted by molar-refractivity contribution is 7.90. The van der Waals surface area contributed by atoms with E-state index in [0.717, 1.165) is 35.0 Å². The molecule has 2 aromatic carbocycles. The van der Waals surface area contributed by atoms with E-state index >= 15 is 0 Å². The zero-order valence-corrected chi connectivity index (χ0v) is 24.4. The molecule has 1 unspecified atom stereocenters. The fourth-order valence-electron chi connectivity index (χ4n) is 4.57. The maximum atomic E-state index is 14.3. The van der Waals surface area contributed by atoms with Crippen LogP contribution in [0.5, 0.6) is 0 Å². The van der Waals surface area contributed by atoms with Gasteiger partial charge in [0.15, 0.2) is 15.4 Å². The van der Waals surface area contributed by atoms with E-state index in [1.165, 1.54) is 17.6 Å². The highest BCUT2D eigenvalue weighted by atomic mass is 35.5. The number of hydrogen-bond donors (Lipinski definition) is 1. The van der Waals surface area contributed by atoms with Gasteiger partial charge in [0.05, 0.1) is 15.6 Å². The predicted octanol–water partition coefficient (Wildman–Crippen LogP) is 5.01. The number of rotatable bonds is 10. The Morgan fingerprint density at radius 2 is 1.79 bits per heavy atom. The SMILES string of the molecule is CCN(CC)CCN(C)C(=O)C1(c2ccc(-c3cccc(S(C)(=O)=O)c3)s2)C=CNN1c1ccccc1Cl. The van der Waals surface area contributed by atoms with E-state index in [1.807, 2.05) is 54.5 Å². The summed E-state index contributed by atoms with van der Waals surface area (Å²) < 4.78 is 24.3. The second-order valence-electron chi connectivity index (χ2n) is 9.23. The lowest BCUT2D eigenvalue weighted by molar-refractivity contribution is -0.134. The van der Waals surface area contributed by atoms with E-state index in [0.29, 0.717) is 17.3 Å². The second-order valence-corrected chi connectivity index (χ2v) is 12.7. The van der Waals surface area contributed by atoms with Gasteiger partial charge in [0.1, 0.15) is 0 Å². The van der Waals surface area contributed by atoms with Gasteiger partial charge in [0, 0.05) is 42.3 Å². The number of likely N-dealkylation sites (N-methyl/N-ethyl adjacent to an activating group) is 2. The van der Waals surface area contributed by atoms with Crippen molar-refractivity contribution in [3.63, 3.8) is 0 Å². The van der Waals surface area contributed by atoms with Crippen LogP contribution in [0, 0.1) is 0 Å². The van der Waals surface area contributed by atoms with Crippen molar-refractivity contribution in [3.8, 4) is 10.4 Å². The van der Waals surface area contributed by atoms with E-state index in [1.54, 1.807) is 35.4 Å². The van der Waals surface area contributed by atoms with Crippen molar-refractivity contribution >= 4 is 44.4 Å². The number of nitrogens with one attached hydrogen (secondary N) is 1. The van der Waals surface area contributed by atoms with Gasteiger partial charge in [-0.25, -0.2) is 8.42 Å². The minimum atomic E-state index is -3.35. The molecule has 1 aliphatic heterocycles. The third-order valence-electron chi connectivity index (χ3n) is 6.82. The smallest absolute Gasteiger partial charge is 0.259 e. The van der Waals surface area contributed by atoms with Crippen LogP contribution >= 0.6 is 22.9 Å². The van der Waals surface area contributed by atoms with Gasteiger partial charge in [-0.05, 0) is 61.1 Å². The highest BCUT2D eigenvalue weighted by Gasteiger charge is 2.50. The van der Waals surface area contributed by atoms with Gasteiger partial charge < -0.3 is 15.2 Å². The van der Waals surface area contributed by atoms with Crippen molar-refractivity contribution in [2.75, 3.05) is 44.5 Å². The Kier molecular flexibility index (Phi) is 8.52. The first-order chi connectivity index (χ1) is 18.1. The molecule has 3 aromatic rings. The fourth-order valence-corrected chi connectivity index (χ4v) is 6.61. The first-order valence-electron chi connectivity index (χ1n) is 12.5. The molecule has 0 aliphatic carbocycles. The van der Waals surface area contributed by atoms with E-state index in [2.05, 4.69) is 24.2 Å². The van der Waals surface area contributed by atoms with Crippen LogP contribution < -0.4 is 10.4 Å². The van der Waals surface area contributed by atoms with Crippen LogP contribution in [0.25, 0.3) is 10.4 Å². The summed E-state index contributed by atoms with van der Waals surface area (Å²) in [5.74, 6) is -0.0934. The highest BCUT2D eigenvalue weighted by Crippen LogP contribution is 2.44. The molecule has 0 saturated carbocycles. The monoisotopic (exact) mass is 572 g/mol. The number of hydrogen-bond acceptors (Lipinski definition) is 7. The Balaban J connectivity index is 1.79. The summed E-state index contributed by atoms with van der Waals surface area (Å²) in [6.45, 7) is 7.39. The Bertz CT molecular complexity index is 1440. The first-order valence-corrected chi connectivity index (χ1v) is 15.6. The van der Waals surface area contributed by atoms with Crippen LogP contribution in [0.2, 0.25) is 5.02 Å². The van der Waals surface area contributed by atoms with Crippen molar-refractivity contribution in [2.24, 2.45) is 0 Å². The summed E-state index contributed by atoms with van der Waals surface area (Å²) in [4.78, 5) is 20.3. The number of hydrazine groups is 1. The number of sulfone groups is 1. The van der Waals surface area contributed by atoms with E-state index in [9.17, 15) is 13.2 Å². The van der Waals surface area contributed by atoms with E-state index in [4.69, 9.17) is 11.6 Å². The Morgan fingerprint density at radius 1 is 1.05 bits per heavy atom. The normalized spacial score (nSPS) is 17.2. The summed E-state index contributed by atoms with van der Waals surface area (Å²) in [7, 11) is -1.52. The molecule has 4 rings (SSSR count). The minimum absolute atomic E-state index is 0.0934. The molecule has 0 radical (unpaired) electrons. The van der Waals surface area contributed by atoms with Crippen molar-refractivity contribution < 1.29 is 13.2 Å². The lowest BCUT2D eigenvalue weighted by Crippen LogP contribution is -2.57. The molecule has 0 saturated heterocycles. The van der Waals surface area contributed by atoms with Crippen molar-refractivity contribution in [2.45, 2.75) is 24.3 Å². The lowest BCUT2D eigenvalue weighted by atomic mass is 9.94. The predicted molar refractivity (Wildman–Crippen MR) is 156 cm³/mol. The Labute approximate surface area is 234 Å². The number of carbonyl (C=O) groups excluding carboxylic acids is 1. The molecule has 38 heavy (non-hydrogen) atoms. The standard InChI is InChI=1S/C28H33ClN4O3S2/c1-5-32(6-2)19-18-31(3)27(34)28(16-17-30-33(28)24-13-8-7-12-23(24)29)26-15-14-25(37-26)21-10-9-11-22(20-21)38(4,35)36/h7-17,20,30H,5-6,18-19H2,1-4H3.